The summed E-state index contributed by atoms with van der Waals surface area (Å²) >= 11 is 0. The van der Waals surface area contributed by atoms with Gasteiger partial charge in [-0.2, -0.15) is 0 Å². The topological polar surface area (TPSA) is 81.9 Å². The van der Waals surface area contributed by atoms with E-state index < -0.39 is 4.92 Å². The van der Waals surface area contributed by atoms with Gasteiger partial charge in [0, 0.05) is 24.2 Å². The van der Waals surface area contributed by atoms with Crippen molar-refractivity contribution in [3.05, 3.63) is 63.7 Å². The Bertz CT molecular complexity index is 804. The molecule has 2 aromatic carbocycles. The number of para-hydroxylation sites is 1. The molecule has 26 heavy (non-hydrogen) atoms. The zero-order valence-electron chi connectivity index (χ0n) is 15.3. The van der Waals surface area contributed by atoms with Crippen molar-refractivity contribution in [1.29, 1.82) is 0 Å². The van der Waals surface area contributed by atoms with Crippen molar-refractivity contribution in [2.75, 3.05) is 14.2 Å². The molecular formula is C19H22N2O5. The fraction of sp³-hybridized carbons (Fsp3) is 0.316. The predicted molar refractivity (Wildman–Crippen MR) is 97.7 cm³/mol. The highest BCUT2D eigenvalue weighted by Crippen LogP contribution is 2.29. The number of methoxy groups -OCH3 is 1. The fourth-order valence-corrected chi connectivity index (χ4v) is 2.52. The number of rotatable bonds is 7. The number of hydrogen-bond donors (Lipinski definition) is 0. The summed E-state index contributed by atoms with van der Waals surface area (Å²) in [6.07, 6.45) is -0.0215. The Balaban J connectivity index is 2.22. The summed E-state index contributed by atoms with van der Waals surface area (Å²) in [5.74, 6) is 0.751. The van der Waals surface area contributed by atoms with Crippen molar-refractivity contribution in [2.24, 2.45) is 0 Å². The van der Waals surface area contributed by atoms with Gasteiger partial charge in [0.05, 0.1) is 24.7 Å². The van der Waals surface area contributed by atoms with Crippen LogP contribution in [0.5, 0.6) is 11.5 Å². The van der Waals surface area contributed by atoms with Gasteiger partial charge in [-0.05, 0) is 32.0 Å². The van der Waals surface area contributed by atoms with Crippen LogP contribution in [0.25, 0.3) is 0 Å². The molecule has 0 saturated carbocycles. The van der Waals surface area contributed by atoms with E-state index in [1.807, 2.05) is 13.8 Å². The minimum absolute atomic E-state index is 0.00888. The highest BCUT2D eigenvalue weighted by Gasteiger charge is 2.19. The Labute approximate surface area is 152 Å². The Morgan fingerprint density at radius 1 is 1.19 bits per heavy atom. The van der Waals surface area contributed by atoms with Gasteiger partial charge < -0.3 is 14.4 Å². The van der Waals surface area contributed by atoms with Crippen LogP contribution < -0.4 is 9.47 Å². The molecule has 0 aliphatic rings. The molecule has 0 bridgehead atoms. The number of carbonyl (C=O) groups excluding carboxylic acids is 1. The van der Waals surface area contributed by atoms with Crippen LogP contribution in [-0.4, -0.2) is 36.0 Å². The standard InChI is InChI=1S/C19H22N2O5/c1-13(2)26-17-10-9-14(11-18(17)25-4)19(22)20(3)12-15-7-5-6-8-16(15)21(23)24/h5-11,13H,12H2,1-4H3. The largest absolute Gasteiger partial charge is 0.493 e. The number of hydrogen-bond acceptors (Lipinski definition) is 5. The molecule has 0 N–H and O–H groups in total. The Morgan fingerprint density at radius 2 is 1.88 bits per heavy atom. The van der Waals surface area contributed by atoms with E-state index in [4.69, 9.17) is 9.47 Å². The van der Waals surface area contributed by atoms with Gasteiger partial charge in [0.2, 0.25) is 0 Å². The third kappa shape index (κ3) is 4.50. The lowest BCUT2D eigenvalue weighted by atomic mass is 10.1. The van der Waals surface area contributed by atoms with E-state index in [1.54, 1.807) is 43.4 Å². The van der Waals surface area contributed by atoms with Gasteiger partial charge >= 0.3 is 0 Å². The van der Waals surface area contributed by atoms with Crippen LogP contribution in [0.4, 0.5) is 5.69 Å². The summed E-state index contributed by atoms with van der Waals surface area (Å²) in [5, 5.41) is 11.1. The van der Waals surface area contributed by atoms with Gasteiger partial charge in [-0.25, -0.2) is 0 Å². The Kier molecular flexibility index (Phi) is 6.16. The molecule has 2 rings (SSSR count). The van der Waals surface area contributed by atoms with Gasteiger partial charge in [0.15, 0.2) is 11.5 Å². The number of carbonyl (C=O) groups is 1. The van der Waals surface area contributed by atoms with E-state index in [0.717, 1.165) is 0 Å². The minimum Gasteiger partial charge on any atom is -0.493 e. The van der Waals surface area contributed by atoms with Crippen LogP contribution in [0.2, 0.25) is 0 Å². The van der Waals surface area contributed by atoms with Crippen molar-refractivity contribution >= 4 is 11.6 Å². The molecule has 1 amide bonds. The molecule has 0 unspecified atom stereocenters. The molecule has 0 heterocycles. The first-order chi connectivity index (χ1) is 12.3. The van der Waals surface area contributed by atoms with Gasteiger partial charge in [0.1, 0.15) is 0 Å². The molecule has 0 radical (unpaired) electrons. The van der Waals surface area contributed by atoms with Crippen LogP contribution in [0.15, 0.2) is 42.5 Å². The second-order valence-electron chi connectivity index (χ2n) is 6.08. The third-order valence-corrected chi connectivity index (χ3v) is 3.72. The van der Waals surface area contributed by atoms with Crippen LogP contribution >= 0.6 is 0 Å². The molecule has 7 nitrogen and oxygen atoms in total. The van der Waals surface area contributed by atoms with E-state index in [9.17, 15) is 14.9 Å². The molecule has 0 fully saturated rings. The normalized spacial score (nSPS) is 10.5. The lowest BCUT2D eigenvalue weighted by Gasteiger charge is -2.19. The molecule has 138 valence electrons. The molecule has 0 aromatic heterocycles. The first-order valence-electron chi connectivity index (χ1n) is 8.16. The maximum absolute atomic E-state index is 12.7. The van der Waals surface area contributed by atoms with E-state index in [1.165, 1.54) is 18.1 Å². The van der Waals surface area contributed by atoms with Crippen LogP contribution in [0.1, 0.15) is 29.8 Å². The molecule has 0 spiro atoms. The maximum atomic E-state index is 12.7. The van der Waals surface area contributed by atoms with Crippen molar-refractivity contribution in [3.63, 3.8) is 0 Å². The quantitative estimate of drug-likeness (QED) is 0.557. The molecule has 2 aromatic rings. The van der Waals surface area contributed by atoms with Crippen LogP contribution in [-0.2, 0) is 6.54 Å². The number of benzene rings is 2. The average molecular weight is 358 g/mol. The average Bonchev–Trinajstić information content (AvgIpc) is 2.61. The van der Waals surface area contributed by atoms with Gasteiger partial charge in [-0.15, -0.1) is 0 Å². The molecule has 0 saturated heterocycles. The first kappa shape index (κ1) is 19.2. The Morgan fingerprint density at radius 3 is 2.50 bits per heavy atom. The monoisotopic (exact) mass is 358 g/mol. The van der Waals surface area contributed by atoms with Crippen molar-refractivity contribution in [3.8, 4) is 11.5 Å². The zero-order valence-corrected chi connectivity index (χ0v) is 15.3. The van der Waals surface area contributed by atoms with Crippen molar-refractivity contribution in [1.82, 2.24) is 4.90 Å². The highest BCUT2D eigenvalue weighted by atomic mass is 16.6. The summed E-state index contributed by atoms with van der Waals surface area (Å²) in [6, 6.07) is 11.3. The zero-order chi connectivity index (χ0) is 19.3. The Hall–Kier alpha value is -3.09. The third-order valence-electron chi connectivity index (χ3n) is 3.72. The maximum Gasteiger partial charge on any atom is 0.274 e. The van der Waals surface area contributed by atoms with Gasteiger partial charge in [0.25, 0.3) is 11.6 Å². The summed E-state index contributed by atoms with van der Waals surface area (Å²) in [4.78, 5) is 24.8. The summed E-state index contributed by atoms with van der Waals surface area (Å²) in [7, 11) is 3.11. The molecular weight excluding hydrogens is 336 g/mol. The lowest BCUT2D eigenvalue weighted by Crippen LogP contribution is -2.26. The molecule has 0 atom stereocenters. The molecule has 7 heteroatoms. The SMILES string of the molecule is COc1cc(C(=O)N(C)Cc2ccccc2[N+](=O)[O-])ccc1OC(C)C. The summed E-state index contributed by atoms with van der Waals surface area (Å²) in [6.45, 7) is 3.93. The predicted octanol–water partition coefficient (Wildman–Crippen LogP) is 3.66. The van der Waals surface area contributed by atoms with E-state index in [0.29, 0.717) is 22.6 Å². The minimum atomic E-state index is -0.450. The lowest BCUT2D eigenvalue weighted by molar-refractivity contribution is -0.385. The first-order valence-corrected chi connectivity index (χ1v) is 8.16. The van der Waals surface area contributed by atoms with E-state index >= 15 is 0 Å². The second kappa shape index (κ2) is 8.33. The fourth-order valence-electron chi connectivity index (χ4n) is 2.52. The van der Waals surface area contributed by atoms with E-state index in [2.05, 4.69) is 0 Å². The second-order valence-corrected chi connectivity index (χ2v) is 6.08. The van der Waals surface area contributed by atoms with Crippen LogP contribution in [0, 0.1) is 10.1 Å². The number of nitro benzene ring substituents is 1. The van der Waals surface area contributed by atoms with Crippen molar-refractivity contribution < 1.29 is 19.2 Å². The molecule has 0 aliphatic carbocycles. The number of amides is 1. The number of nitrogens with zero attached hydrogens (tertiary/aromatic N) is 2. The van der Waals surface area contributed by atoms with Gasteiger partial charge in [-0.1, -0.05) is 18.2 Å². The smallest absolute Gasteiger partial charge is 0.274 e. The highest BCUT2D eigenvalue weighted by molar-refractivity contribution is 5.94. The van der Waals surface area contributed by atoms with Crippen LogP contribution in [0.3, 0.4) is 0 Å². The van der Waals surface area contributed by atoms with E-state index in [-0.39, 0.29) is 24.2 Å². The molecule has 0 aliphatic heterocycles. The summed E-state index contributed by atoms with van der Waals surface area (Å²) in [5.41, 5.74) is 0.879. The number of ether oxygens (including phenoxy) is 2. The number of nitro groups is 1. The van der Waals surface area contributed by atoms with Gasteiger partial charge in [-0.3, -0.25) is 14.9 Å². The summed E-state index contributed by atoms with van der Waals surface area (Å²) < 4.78 is 10.9. The van der Waals surface area contributed by atoms with Crippen molar-refractivity contribution in [2.45, 2.75) is 26.5 Å².